The van der Waals surface area contributed by atoms with Crippen molar-refractivity contribution in [3.05, 3.63) is 75.2 Å². The first-order valence-electron chi connectivity index (χ1n) is 12.3. The van der Waals surface area contributed by atoms with Gasteiger partial charge in [-0.25, -0.2) is 0 Å². The van der Waals surface area contributed by atoms with Gasteiger partial charge in [0.2, 0.25) is 0 Å². The Morgan fingerprint density at radius 3 is 2.29 bits per heavy atom. The smallest absolute Gasteiger partial charge is 0.433 e. The lowest BCUT2D eigenvalue weighted by Gasteiger charge is -2.27. The molecule has 1 saturated carbocycles. The van der Waals surface area contributed by atoms with Crippen molar-refractivity contribution in [2.45, 2.75) is 44.4 Å². The lowest BCUT2D eigenvalue weighted by atomic mass is 9.86. The molecule has 0 saturated heterocycles. The fourth-order valence-electron chi connectivity index (χ4n) is 4.45. The largest absolute Gasteiger partial charge is 0.481 e. The van der Waals surface area contributed by atoms with Crippen molar-refractivity contribution >= 4 is 46.6 Å². The zero-order valence-corrected chi connectivity index (χ0v) is 22.9. The van der Waals surface area contributed by atoms with Crippen LogP contribution in [0.3, 0.4) is 0 Å². The van der Waals surface area contributed by atoms with E-state index in [1.165, 1.54) is 12.1 Å². The summed E-state index contributed by atoms with van der Waals surface area (Å²) in [6.45, 7) is -1.20. The number of halogens is 5. The van der Waals surface area contributed by atoms with Gasteiger partial charge in [-0.1, -0.05) is 41.4 Å². The molecule has 1 heterocycles. The van der Waals surface area contributed by atoms with Crippen molar-refractivity contribution in [2.24, 2.45) is 16.6 Å². The van der Waals surface area contributed by atoms with Crippen molar-refractivity contribution in [1.29, 1.82) is 5.26 Å². The number of nitrogens with zero attached hydrogens (tertiary/aromatic N) is 4. The van der Waals surface area contributed by atoms with E-state index in [1.54, 1.807) is 12.1 Å². The van der Waals surface area contributed by atoms with Crippen molar-refractivity contribution in [1.82, 2.24) is 9.88 Å². The number of carboxylic acids is 1. The first-order valence-corrected chi connectivity index (χ1v) is 13.0. The number of rotatable bonds is 9. The molecule has 2 aromatic rings. The van der Waals surface area contributed by atoms with Crippen LogP contribution in [0.15, 0.2) is 53.4 Å². The SMILES string of the molecule is N#Cc1ccccc1CN(CC(=O)c1c(Cl)cncc1Cl)C(=O)C(=CN)C(=NC1CCC(C(=O)O)CC1)C(F)(F)F. The van der Waals surface area contributed by atoms with Gasteiger partial charge in [0.25, 0.3) is 5.91 Å². The van der Waals surface area contributed by atoms with Crippen molar-refractivity contribution < 1.29 is 32.7 Å². The summed E-state index contributed by atoms with van der Waals surface area (Å²) in [6, 6.07) is 7.11. The fourth-order valence-corrected chi connectivity index (χ4v) is 5.03. The first kappa shape index (κ1) is 31.6. The number of aromatic nitrogens is 1. The normalized spacial score (nSPS) is 18.0. The predicted molar refractivity (Wildman–Crippen MR) is 144 cm³/mol. The third-order valence-electron chi connectivity index (χ3n) is 6.53. The molecule has 0 bridgehead atoms. The van der Waals surface area contributed by atoms with Crippen LogP contribution in [0, 0.1) is 17.2 Å². The minimum absolute atomic E-state index is 0.0688. The van der Waals surface area contributed by atoms with E-state index in [-0.39, 0.29) is 52.4 Å². The standard InChI is InChI=1S/C27H24Cl2F3N5O4/c28-20-11-35-12-21(29)23(20)22(38)14-37(13-17-4-2-1-3-16(17)9-33)25(39)19(10-34)24(27(30,31)32)36-18-7-5-15(6-8-18)26(40)41/h1-4,10-12,15,18H,5-8,13-14,34H2,(H,40,41). The number of nitriles is 1. The molecule has 0 aliphatic heterocycles. The molecule has 1 amide bonds. The lowest BCUT2D eigenvalue weighted by Crippen LogP contribution is -2.41. The second-order valence-corrected chi connectivity index (χ2v) is 10.0. The molecule has 9 nitrogen and oxygen atoms in total. The van der Waals surface area contributed by atoms with E-state index in [0.29, 0.717) is 6.20 Å². The topological polar surface area (TPSA) is 150 Å². The van der Waals surface area contributed by atoms with Crippen LogP contribution in [0.4, 0.5) is 13.2 Å². The number of amides is 1. The maximum absolute atomic E-state index is 14.3. The molecule has 0 radical (unpaired) electrons. The highest BCUT2D eigenvalue weighted by atomic mass is 35.5. The molecule has 3 rings (SSSR count). The van der Waals surface area contributed by atoms with E-state index in [9.17, 15) is 37.9 Å². The molecule has 216 valence electrons. The van der Waals surface area contributed by atoms with Crippen LogP contribution in [0.5, 0.6) is 0 Å². The fraction of sp³-hybridized carbons (Fsp3) is 0.333. The van der Waals surface area contributed by atoms with Gasteiger partial charge in [0, 0.05) is 25.1 Å². The summed E-state index contributed by atoms with van der Waals surface area (Å²) < 4.78 is 42.8. The molecule has 0 atom stereocenters. The van der Waals surface area contributed by atoms with E-state index < -0.39 is 60.2 Å². The minimum Gasteiger partial charge on any atom is -0.481 e. The van der Waals surface area contributed by atoms with Gasteiger partial charge in [-0.3, -0.25) is 24.4 Å². The third kappa shape index (κ3) is 7.83. The summed E-state index contributed by atoms with van der Waals surface area (Å²) >= 11 is 12.2. The van der Waals surface area contributed by atoms with Crippen LogP contribution < -0.4 is 5.73 Å². The zero-order chi connectivity index (χ0) is 30.3. The number of alkyl halides is 3. The summed E-state index contributed by atoms with van der Waals surface area (Å²) in [6.07, 6.45) is -1.95. The van der Waals surface area contributed by atoms with Gasteiger partial charge < -0.3 is 15.7 Å². The monoisotopic (exact) mass is 609 g/mol. The summed E-state index contributed by atoms with van der Waals surface area (Å²) in [5.41, 5.74) is 3.21. The molecule has 1 aromatic heterocycles. The number of carboxylic acid groups (broad SMARTS) is 1. The van der Waals surface area contributed by atoms with Gasteiger partial charge in [-0.15, -0.1) is 0 Å². The van der Waals surface area contributed by atoms with Crippen molar-refractivity contribution in [2.75, 3.05) is 6.54 Å². The van der Waals surface area contributed by atoms with Gasteiger partial charge in [-0.2, -0.15) is 18.4 Å². The second-order valence-electron chi connectivity index (χ2n) is 9.23. The number of carbonyl (C=O) groups excluding carboxylic acids is 2. The third-order valence-corrected chi connectivity index (χ3v) is 7.10. The number of carbonyl (C=O) groups is 3. The number of hydrogen-bond acceptors (Lipinski definition) is 7. The molecule has 14 heteroatoms. The Labute approximate surface area is 243 Å². The van der Waals surface area contributed by atoms with Gasteiger partial charge in [0.15, 0.2) is 11.5 Å². The number of ketones is 1. The average molecular weight is 610 g/mol. The molecule has 1 fully saturated rings. The highest BCUT2D eigenvalue weighted by Gasteiger charge is 2.43. The van der Waals surface area contributed by atoms with Crippen LogP contribution >= 0.6 is 23.2 Å². The quantitative estimate of drug-likeness (QED) is 0.232. The average Bonchev–Trinajstić information content (AvgIpc) is 2.92. The van der Waals surface area contributed by atoms with Gasteiger partial charge in [0.1, 0.15) is 0 Å². The Kier molecular flexibility index (Phi) is 10.5. The van der Waals surface area contributed by atoms with Gasteiger partial charge >= 0.3 is 12.1 Å². The molecular formula is C27H24Cl2F3N5O4. The number of aliphatic imine (C=N–C) groups is 1. The summed E-state index contributed by atoms with van der Waals surface area (Å²) in [5.74, 6) is -3.78. The number of nitrogens with two attached hydrogens (primary N) is 1. The number of hydrogen-bond donors (Lipinski definition) is 2. The Morgan fingerprint density at radius 2 is 1.76 bits per heavy atom. The minimum atomic E-state index is -5.11. The Bertz CT molecular complexity index is 1410. The maximum Gasteiger partial charge on any atom is 0.433 e. The highest BCUT2D eigenvalue weighted by molar-refractivity contribution is 6.39. The van der Waals surface area contributed by atoms with E-state index in [1.807, 2.05) is 6.07 Å². The van der Waals surface area contributed by atoms with Gasteiger partial charge in [0.05, 0.1) is 51.3 Å². The molecule has 1 aromatic carbocycles. The summed E-state index contributed by atoms with van der Waals surface area (Å²) in [7, 11) is 0. The molecule has 41 heavy (non-hydrogen) atoms. The van der Waals surface area contributed by atoms with E-state index in [0.717, 1.165) is 17.3 Å². The first-order chi connectivity index (χ1) is 19.4. The predicted octanol–water partition coefficient (Wildman–Crippen LogP) is 4.96. The number of Topliss-reactive ketones (excluding diaryl/α,β-unsaturated/α-hetero) is 1. The lowest BCUT2D eigenvalue weighted by molar-refractivity contribution is -0.142. The second kappa shape index (κ2) is 13.6. The Balaban J connectivity index is 2.02. The van der Waals surface area contributed by atoms with Crippen LogP contribution in [0.2, 0.25) is 10.0 Å². The zero-order valence-electron chi connectivity index (χ0n) is 21.4. The molecule has 0 unspecified atom stereocenters. The van der Waals surface area contributed by atoms with E-state index in [2.05, 4.69) is 9.98 Å². The molecule has 1 aliphatic rings. The van der Waals surface area contributed by atoms with Crippen molar-refractivity contribution in [3.8, 4) is 6.07 Å². The number of benzene rings is 1. The molecule has 1 aliphatic carbocycles. The Morgan fingerprint density at radius 1 is 1.15 bits per heavy atom. The summed E-state index contributed by atoms with van der Waals surface area (Å²) in [5, 5.41) is 18.4. The van der Waals surface area contributed by atoms with E-state index >= 15 is 0 Å². The number of aliphatic carboxylic acids is 1. The van der Waals surface area contributed by atoms with Crippen molar-refractivity contribution in [3.63, 3.8) is 0 Å². The van der Waals surface area contributed by atoms with Crippen LogP contribution in [-0.4, -0.2) is 57.1 Å². The Hall–Kier alpha value is -3.95. The molecule has 3 N–H and O–H groups in total. The van der Waals surface area contributed by atoms with Crippen LogP contribution in [-0.2, 0) is 16.1 Å². The number of pyridine rings is 1. The summed E-state index contributed by atoms with van der Waals surface area (Å²) in [4.78, 5) is 46.5. The van der Waals surface area contributed by atoms with Crippen LogP contribution in [0.25, 0.3) is 0 Å². The maximum atomic E-state index is 14.3. The van der Waals surface area contributed by atoms with Gasteiger partial charge in [-0.05, 0) is 37.3 Å². The molecular weight excluding hydrogens is 586 g/mol. The van der Waals surface area contributed by atoms with E-state index in [4.69, 9.17) is 28.9 Å². The molecule has 0 spiro atoms. The van der Waals surface area contributed by atoms with Crippen LogP contribution in [0.1, 0.15) is 47.2 Å². The highest BCUT2D eigenvalue weighted by Crippen LogP contribution is 2.31.